The van der Waals surface area contributed by atoms with Crippen molar-refractivity contribution in [3.8, 4) is 27.9 Å². The second kappa shape index (κ2) is 11.1. The Kier molecular flexibility index (Phi) is 6.28. The first-order valence-electron chi connectivity index (χ1n) is 18.6. The van der Waals surface area contributed by atoms with Crippen molar-refractivity contribution >= 4 is 38.9 Å². The van der Waals surface area contributed by atoms with Gasteiger partial charge in [0.05, 0.1) is 16.7 Å². The highest BCUT2D eigenvalue weighted by Gasteiger charge is 2.57. The minimum atomic E-state index is 0.0566. The van der Waals surface area contributed by atoms with Crippen LogP contribution in [0.1, 0.15) is 36.8 Å². The first-order chi connectivity index (χ1) is 25.3. The first kappa shape index (κ1) is 28.9. The topological polar surface area (TPSA) is 8.17 Å². The maximum absolute atomic E-state index is 2.57. The Morgan fingerprint density at radius 3 is 2.02 bits per heavy atom. The third-order valence-electron chi connectivity index (χ3n) is 12.4. The fourth-order valence-corrected chi connectivity index (χ4v) is 10.4. The van der Waals surface area contributed by atoms with Gasteiger partial charge in [-0.15, -0.1) is 0 Å². The number of benzene rings is 7. The highest BCUT2D eigenvalue weighted by atomic mass is 15.1. The van der Waals surface area contributed by atoms with Crippen molar-refractivity contribution in [1.82, 2.24) is 4.57 Å². The van der Waals surface area contributed by atoms with Crippen molar-refractivity contribution in [2.45, 2.75) is 31.1 Å². The van der Waals surface area contributed by atoms with Crippen LogP contribution in [-0.2, 0) is 5.41 Å². The maximum Gasteiger partial charge on any atom is 0.0542 e. The number of hydrogen-bond donors (Lipinski definition) is 0. The molecule has 1 spiro atoms. The predicted molar refractivity (Wildman–Crippen MR) is 213 cm³/mol. The number of hydrogen-bond acceptors (Lipinski definition) is 1. The van der Waals surface area contributed by atoms with Gasteiger partial charge >= 0.3 is 0 Å². The summed E-state index contributed by atoms with van der Waals surface area (Å²) in [5.74, 6) is 1.49. The Morgan fingerprint density at radius 2 is 1.22 bits per heavy atom. The smallest absolute Gasteiger partial charge is 0.0542 e. The van der Waals surface area contributed by atoms with E-state index in [1.165, 1.54) is 98.1 Å². The molecule has 2 heteroatoms. The van der Waals surface area contributed by atoms with E-state index in [9.17, 15) is 0 Å². The zero-order valence-electron chi connectivity index (χ0n) is 28.5. The van der Waals surface area contributed by atoms with Crippen molar-refractivity contribution < 1.29 is 0 Å². The number of rotatable bonds is 5. The monoisotopic (exact) mass is 654 g/mol. The molecule has 3 aliphatic carbocycles. The minimum Gasteiger partial charge on any atom is -0.310 e. The highest BCUT2D eigenvalue weighted by Crippen LogP contribution is 2.67. The van der Waals surface area contributed by atoms with Crippen molar-refractivity contribution in [1.29, 1.82) is 0 Å². The Balaban J connectivity index is 1.17. The average Bonchev–Trinajstić information content (AvgIpc) is 3.97. The molecular formula is C49H38N2. The van der Waals surface area contributed by atoms with Gasteiger partial charge in [0.1, 0.15) is 0 Å². The van der Waals surface area contributed by atoms with Gasteiger partial charge in [-0.1, -0.05) is 122 Å². The lowest BCUT2D eigenvalue weighted by Gasteiger charge is -2.39. The number of nitrogens with zero attached hydrogens (tertiary/aromatic N) is 2. The van der Waals surface area contributed by atoms with E-state index in [0.717, 1.165) is 5.92 Å². The molecule has 0 aliphatic heterocycles. The maximum atomic E-state index is 2.57. The number of aromatic nitrogens is 1. The SMILES string of the molecule is c1ccc(-c2ccc(N(c3ccc4c(c3)c3ccccc3n4-c3ccccc3)c3cccc4c3C3(CC5CCC3C5)c3ccccc3-4)cc2)cc1. The van der Waals surface area contributed by atoms with Crippen molar-refractivity contribution in [3.63, 3.8) is 0 Å². The summed E-state index contributed by atoms with van der Waals surface area (Å²) >= 11 is 0. The van der Waals surface area contributed by atoms with Gasteiger partial charge in [0.15, 0.2) is 0 Å². The molecular weight excluding hydrogens is 617 g/mol. The molecule has 3 aliphatic rings. The lowest BCUT2D eigenvalue weighted by Crippen LogP contribution is -2.33. The average molecular weight is 655 g/mol. The molecule has 0 amide bonds. The van der Waals surface area contributed by atoms with Crippen LogP contribution in [0.25, 0.3) is 49.7 Å². The summed E-state index contributed by atoms with van der Waals surface area (Å²) in [5.41, 5.74) is 15.8. The van der Waals surface area contributed by atoms with Gasteiger partial charge in [-0.2, -0.15) is 0 Å². The minimum absolute atomic E-state index is 0.0566. The molecule has 3 atom stereocenters. The summed E-state index contributed by atoms with van der Waals surface area (Å²) in [6, 6.07) is 63.2. The van der Waals surface area contributed by atoms with Crippen LogP contribution in [0.4, 0.5) is 17.1 Å². The molecule has 2 nitrogen and oxygen atoms in total. The van der Waals surface area contributed by atoms with Crippen LogP contribution in [-0.4, -0.2) is 4.57 Å². The Labute approximate surface area is 299 Å². The van der Waals surface area contributed by atoms with Crippen LogP contribution in [0.15, 0.2) is 170 Å². The van der Waals surface area contributed by atoms with E-state index in [4.69, 9.17) is 0 Å². The summed E-state index contributed by atoms with van der Waals surface area (Å²) in [6.07, 6.45) is 5.30. The van der Waals surface area contributed by atoms with Gasteiger partial charge in [0.2, 0.25) is 0 Å². The van der Waals surface area contributed by atoms with Gasteiger partial charge in [-0.05, 0) is 119 Å². The molecule has 0 radical (unpaired) electrons. The summed E-state index contributed by atoms with van der Waals surface area (Å²) in [7, 11) is 0. The number of fused-ring (bicyclic) bond motifs is 11. The fourth-order valence-electron chi connectivity index (χ4n) is 10.4. The second-order valence-corrected chi connectivity index (χ2v) is 14.9. The van der Waals surface area contributed by atoms with Gasteiger partial charge in [0.25, 0.3) is 0 Å². The summed E-state index contributed by atoms with van der Waals surface area (Å²) < 4.78 is 2.41. The van der Waals surface area contributed by atoms with Crippen LogP contribution in [0.2, 0.25) is 0 Å². The summed E-state index contributed by atoms with van der Waals surface area (Å²) in [5, 5.41) is 2.54. The number of para-hydroxylation sites is 2. The Hall–Kier alpha value is -5.86. The third kappa shape index (κ3) is 4.17. The second-order valence-electron chi connectivity index (χ2n) is 14.9. The Morgan fingerprint density at radius 1 is 0.529 bits per heavy atom. The molecule has 1 heterocycles. The zero-order chi connectivity index (χ0) is 33.5. The van der Waals surface area contributed by atoms with Gasteiger partial charge < -0.3 is 9.47 Å². The first-order valence-corrected chi connectivity index (χ1v) is 18.6. The van der Waals surface area contributed by atoms with E-state index in [-0.39, 0.29) is 5.41 Å². The van der Waals surface area contributed by atoms with Crippen LogP contribution in [0, 0.1) is 11.8 Å². The van der Waals surface area contributed by atoms with Crippen LogP contribution >= 0.6 is 0 Å². The molecule has 2 fully saturated rings. The van der Waals surface area contributed by atoms with E-state index < -0.39 is 0 Å². The number of anilines is 3. The highest BCUT2D eigenvalue weighted by molar-refractivity contribution is 6.11. The normalized spacial score (nSPS) is 19.9. The van der Waals surface area contributed by atoms with Gasteiger partial charge in [0, 0.05) is 33.2 Å². The lowest BCUT2D eigenvalue weighted by molar-refractivity contribution is 0.327. The molecule has 244 valence electrons. The van der Waals surface area contributed by atoms with Gasteiger partial charge in [-0.3, -0.25) is 0 Å². The fraction of sp³-hybridized carbons (Fsp3) is 0.143. The quantitative estimate of drug-likeness (QED) is 0.179. The zero-order valence-corrected chi connectivity index (χ0v) is 28.5. The molecule has 1 aromatic heterocycles. The molecule has 3 unspecified atom stereocenters. The molecule has 7 aromatic carbocycles. The van der Waals surface area contributed by atoms with Crippen molar-refractivity contribution in [2.24, 2.45) is 11.8 Å². The predicted octanol–water partition coefficient (Wildman–Crippen LogP) is 13.0. The van der Waals surface area contributed by atoms with E-state index in [1.807, 2.05) is 0 Å². The van der Waals surface area contributed by atoms with Crippen molar-refractivity contribution in [3.05, 3.63) is 181 Å². The standard InChI is InChI=1S/C49H38N2/c1-3-12-34(13-4-1)35-23-26-38(27-24-35)50(39-28-29-46-43(31-39)41-17-8-10-20-45(41)51(46)37-14-5-2-6-15-37)47-21-11-18-42-40-16-7-9-19-44(40)49(48(42)47)32-33-22-25-36(49)30-33/h1-21,23-24,26-29,31,33,36H,22,25,30,32H2. The van der Waals surface area contributed by atoms with Crippen molar-refractivity contribution in [2.75, 3.05) is 4.90 Å². The Bertz CT molecular complexity index is 2600. The van der Waals surface area contributed by atoms with Crippen LogP contribution in [0.5, 0.6) is 0 Å². The summed E-state index contributed by atoms with van der Waals surface area (Å²) in [4.78, 5) is 2.57. The molecule has 8 aromatic rings. The molecule has 0 N–H and O–H groups in total. The molecule has 0 saturated heterocycles. The van der Waals surface area contributed by atoms with E-state index >= 15 is 0 Å². The lowest BCUT2D eigenvalue weighted by atomic mass is 9.66. The summed E-state index contributed by atoms with van der Waals surface area (Å²) in [6.45, 7) is 0. The van der Waals surface area contributed by atoms with E-state index in [1.54, 1.807) is 5.56 Å². The van der Waals surface area contributed by atoms with E-state index in [2.05, 4.69) is 179 Å². The molecule has 11 rings (SSSR count). The van der Waals surface area contributed by atoms with Gasteiger partial charge in [-0.25, -0.2) is 0 Å². The van der Waals surface area contributed by atoms with Crippen LogP contribution < -0.4 is 4.90 Å². The van der Waals surface area contributed by atoms with Crippen LogP contribution in [0.3, 0.4) is 0 Å². The largest absolute Gasteiger partial charge is 0.310 e. The molecule has 51 heavy (non-hydrogen) atoms. The molecule has 2 saturated carbocycles. The van der Waals surface area contributed by atoms with E-state index in [0.29, 0.717) is 5.92 Å². The third-order valence-corrected chi connectivity index (χ3v) is 12.4. The molecule has 2 bridgehead atoms.